The lowest BCUT2D eigenvalue weighted by Gasteiger charge is -2.29. The van der Waals surface area contributed by atoms with Gasteiger partial charge < -0.3 is 0 Å². The van der Waals surface area contributed by atoms with Gasteiger partial charge in [0.1, 0.15) is 6.17 Å². The average Bonchev–Trinajstić information content (AvgIpc) is 1.56. The Bertz CT molecular complexity index is 114. The largest absolute Gasteiger partial charge is 0.247 e. The van der Waals surface area contributed by atoms with Crippen LogP contribution in [0.1, 0.15) is 48.0 Å². The first-order chi connectivity index (χ1) is 4.63. The molecule has 0 aromatic rings. The number of halogens is 1. The summed E-state index contributed by atoms with van der Waals surface area (Å²) in [5, 5.41) is 0. The molecule has 0 fully saturated rings. The first-order valence-electron chi connectivity index (χ1n) is 4.27. The van der Waals surface area contributed by atoms with Crippen LogP contribution in [0.2, 0.25) is 0 Å². The average molecular weight is 160 g/mol. The van der Waals surface area contributed by atoms with Crippen molar-refractivity contribution in [3.63, 3.8) is 0 Å². The molecule has 68 valence electrons. The lowest BCUT2D eigenvalue weighted by Crippen LogP contribution is -2.26. The van der Waals surface area contributed by atoms with Gasteiger partial charge in [-0.05, 0) is 17.3 Å². The summed E-state index contributed by atoms with van der Waals surface area (Å²) in [4.78, 5) is 0. The van der Waals surface area contributed by atoms with Gasteiger partial charge in [0.15, 0.2) is 0 Å². The van der Waals surface area contributed by atoms with Crippen molar-refractivity contribution in [1.82, 2.24) is 0 Å². The van der Waals surface area contributed by atoms with E-state index in [0.29, 0.717) is 6.42 Å². The molecule has 11 heavy (non-hydrogen) atoms. The summed E-state index contributed by atoms with van der Waals surface area (Å²) in [7, 11) is 0. The molecule has 1 heteroatoms. The molecule has 0 radical (unpaired) electrons. The molecule has 0 aliphatic rings. The van der Waals surface area contributed by atoms with Gasteiger partial charge in [0.05, 0.1) is 0 Å². The van der Waals surface area contributed by atoms with Crippen LogP contribution < -0.4 is 0 Å². The number of rotatable bonds is 1. The van der Waals surface area contributed by atoms with Crippen LogP contribution >= 0.6 is 0 Å². The summed E-state index contributed by atoms with van der Waals surface area (Å²) in [5.74, 6) is 0. The molecular formula is C10H21F. The molecule has 0 heterocycles. The fourth-order valence-corrected chi connectivity index (χ4v) is 0.844. The highest BCUT2D eigenvalue weighted by atomic mass is 19.1. The fraction of sp³-hybridized carbons (Fsp3) is 1.00. The Morgan fingerprint density at radius 3 is 1.45 bits per heavy atom. The summed E-state index contributed by atoms with van der Waals surface area (Å²) in [5.41, 5.74) is -0.0972. The molecule has 0 rings (SSSR count). The molecule has 0 bridgehead atoms. The van der Waals surface area contributed by atoms with Crippen molar-refractivity contribution in [2.75, 3.05) is 0 Å². The van der Waals surface area contributed by atoms with Gasteiger partial charge >= 0.3 is 0 Å². The van der Waals surface area contributed by atoms with Crippen molar-refractivity contribution in [1.29, 1.82) is 0 Å². The highest BCUT2D eigenvalue weighted by molar-refractivity contribution is 4.78. The van der Waals surface area contributed by atoms with Crippen molar-refractivity contribution in [3.05, 3.63) is 0 Å². The third-order valence-corrected chi connectivity index (χ3v) is 1.73. The molecule has 0 aromatic heterocycles. The van der Waals surface area contributed by atoms with Crippen LogP contribution in [0.4, 0.5) is 4.39 Å². The molecule has 0 saturated carbocycles. The molecule has 0 nitrogen and oxygen atoms in total. The van der Waals surface area contributed by atoms with Gasteiger partial charge in [-0.1, -0.05) is 41.5 Å². The lowest BCUT2D eigenvalue weighted by atomic mass is 9.80. The van der Waals surface area contributed by atoms with Crippen molar-refractivity contribution < 1.29 is 4.39 Å². The van der Waals surface area contributed by atoms with E-state index >= 15 is 0 Å². The van der Waals surface area contributed by atoms with Crippen molar-refractivity contribution in [3.8, 4) is 0 Å². The Morgan fingerprint density at radius 2 is 1.36 bits per heavy atom. The smallest absolute Gasteiger partial charge is 0.105 e. The van der Waals surface area contributed by atoms with E-state index in [1.165, 1.54) is 0 Å². The predicted molar refractivity (Wildman–Crippen MR) is 48.4 cm³/mol. The lowest BCUT2D eigenvalue weighted by molar-refractivity contribution is 0.111. The summed E-state index contributed by atoms with van der Waals surface area (Å²) in [6, 6.07) is 0. The van der Waals surface area contributed by atoms with Gasteiger partial charge in [0.2, 0.25) is 0 Å². The Hall–Kier alpha value is -0.0700. The van der Waals surface area contributed by atoms with Gasteiger partial charge in [-0.15, -0.1) is 0 Å². The second-order valence-corrected chi connectivity index (χ2v) is 5.60. The zero-order valence-electron chi connectivity index (χ0n) is 8.66. The van der Waals surface area contributed by atoms with Gasteiger partial charge in [-0.2, -0.15) is 0 Å². The van der Waals surface area contributed by atoms with E-state index in [0.717, 1.165) is 0 Å². The van der Waals surface area contributed by atoms with Crippen molar-refractivity contribution in [2.24, 2.45) is 10.8 Å². The summed E-state index contributed by atoms with van der Waals surface area (Å²) >= 11 is 0. The maximum absolute atomic E-state index is 13.4. The normalized spacial score (nSPS) is 16.6. The van der Waals surface area contributed by atoms with Crippen molar-refractivity contribution in [2.45, 2.75) is 54.1 Å². The van der Waals surface area contributed by atoms with Crippen LogP contribution in [0.15, 0.2) is 0 Å². The van der Waals surface area contributed by atoms with Crippen LogP contribution in [0.3, 0.4) is 0 Å². The first-order valence-corrected chi connectivity index (χ1v) is 4.27. The highest BCUT2D eigenvalue weighted by Gasteiger charge is 2.28. The zero-order chi connectivity index (χ0) is 9.28. The zero-order valence-corrected chi connectivity index (χ0v) is 8.66. The van der Waals surface area contributed by atoms with E-state index in [-0.39, 0.29) is 10.8 Å². The molecule has 0 amide bonds. The highest BCUT2D eigenvalue weighted by Crippen LogP contribution is 2.32. The third kappa shape index (κ3) is 5.23. The third-order valence-electron chi connectivity index (χ3n) is 1.73. The molecule has 0 N–H and O–H groups in total. The minimum atomic E-state index is -0.692. The molecule has 0 aromatic carbocycles. The van der Waals surface area contributed by atoms with Gasteiger partial charge in [-0.3, -0.25) is 0 Å². The molecular weight excluding hydrogens is 139 g/mol. The number of hydrogen-bond acceptors (Lipinski definition) is 0. The standard InChI is InChI=1S/C10H21F/c1-9(2,3)7-8(11)10(4,5)6/h8H,7H2,1-6H3. The summed E-state index contributed by atoms with van der Waals surface area (Å²) in [6.45, 7) is 12.1. The van der Waals surface area contributed by atoms with Crippen LogP contribution in [-0.2, 0) is 0 Å². The van der Waals surface area contributed by atoms with E-state index in [1.807, 2.05) is 20.8 Å². The van der Waals surface area contributed by atoms with E-state index in [4.69, 9.17) is 0 Å². The summed E-state index contributed by atoms with van der Waals surface area (Å²) in [6.07, 6.45) is -0.0428. The minimum Gasteiger partial charge on any atom is -0.247 e. The molecule has 1 atom stereocenters. The quantitative estimate of drug-likeness (QED) is 0.547. The van der Waals surface area contributed by atoms with Gasteiger partial charge in [0.25, 0.3) is 0 Å². The SMILES string of the molecule is CC(C)(C)CC(F)C(C)(C)C. The van der Waals surface area contributed by atoms with E-state index in [9.17, 15) is 4.39 Å². The minimum absolute atomic E-state index is 0.104. The topological polar surface area (TPSA) is 0 Å². The van der Waals surface area contributed by atoms with E-state index in [2.05, 4.69) is 20.8 Å². The maximum Gasteiger partial charge on any atom is 0.105 e. The van der Waals surface area contributed by atoms with Crippen LogP contribution in [0, 0.1) is 10.8 Å². The van der Waals surface area contributed by atoms with Crippen LogP contribution in [0.5, 0.6) is 0 Å². The van der Waals surface area contributed by atoms with Crippen molar-refractivity contribution >= 4 is 0 Å². The monoisotopic (exact) mass is 160 g/mol. The first kappa shape index (κ1) is 10.9. The van der Waals surface area contributed by atoms with Gasteiger partial charge in [-0.25, -0.2) is 4.39 Å². The molecule has 1 unspecified atom stereocenters. The fourth-order valence-electron chi connectivity index (χ4n) is 0.844. The molecule has 0 aliphatic carbocycles. The molecule has 0 saturated heterocycles. The predicted octanol–water partition coefficient (Wildman–Crippen LogP) is 3.81. The van der Waals surface area contributed by atoms with E-state index < -0.39 is 6.17 Å². The summed E-state index contributed by atoms with van der Waals surface area (Å²) < 4.78 is 13.4. The second-order valence-electron chi connectivity index (χ2n) is 5.60. The van der Waals surface area contributed by atoms with E-state index in [1.54, 1.807) is 0 Å². The number of alkyl halides is 1. The number of hydrogen-bond donors (Lipinski definition) is 0. The van der Waals surface area contributed by atoms with Gasteiger partial charge in [0, 0.05) is 0 Å². The Labute approximate surface area is 70.2 Å². The Balaban J connectivity index is 3.99. The molecule has 0 aliphatic heterocycles. The van der Waals surface area contributed by atoms with Crippen LogP contribution in [-0.4, -0.2) is 6.17 Å². The Morgan fingerprint density at radius 1 is 1.00 bits per heavy atom. The maximum atomic E-state index is 13.4. The Kier molecular flexibility index (Phi) is 3.10. The van der Waals surface area contributed by atoms with Crippen LogP contribution in [0.25, 0.3) is 0 Å². The second kappa shape index (κ2) is 3.12. The molecule has 0 spiro atoms.